The van der Waals surface area contributed by atoms with Crippen LogP contribution in [0.4, 0.5) is 5.82 Å². The van der Waals surface area contributed by atoms with Crippen molar-refractivity contribution in [2.45, 2.75) is 18.9 Å². The molecule has 3 N–H and O–H groups in total. The van der Waals surface area contributed by atoms with E-state index < -0.39 is 17.9 Å². The van der Waals surface area contributed by atoms with E-state index in [2.05, 4.69) is 4.98 Å². The second-order valence-corrected chi connectivity index (χ2v) is 4.49. The third kappa shape index (κ3) is 2.24. The van der Waals surface area contributed by atoms with Gasteiger partial charge < -0.3 is 15.7 Å². The summed E-state index contributed by atoms with van der Waals surface area (Å²) < 4.78 is 0. The number of aromatic nitrogens is 1. The van der Waals surface area contributed by atoms with Crippen LogP contribution in [0.5, 0.6) is 0 Å². The lowest BCUT2D eigenvalue weighted by Crippen LogP contribution is -2.36. The first kappa shape index (κ1) is 12.6. The number of halogens is 1. The highest BCUT2D eigenvalue weighted by Crippen LogP contribution is 2.30. The molecule has 0 aromatic carbocycles. The van der Waals surface area contributed by atoms with Crippen LogP contribution in [0.25, 0.3) is 0 Å². The first-order valence-electron chi connectivity index (χ1n) is 5.45. The van der Waals surface area contributed by atoms with Gasteiger partial charge >= 0.3 is 5.97 Å². The number of hydrogen-bond acceptors (Lipinski definition) is 4. The minimum Gasteiger partial charge on any atom is -0.480 e. The summed E-state index contributed by atoms with van der Waals surface area (Å²) in [6, 6.07) is 0.790. The number of aliphatic carboxylic acids is 1. The molecule has 0 aliphatic carbocycles. The van der Waals surface area contributed by atoms with E-state index in [1.165, 1.54) is 12.3 Å². The fourth-order valence-electron chi connectivity index (χ4n) is 2.05. The first-order valence-corrected chi connectivity index (χ1v) is 5.83. The zero-order chi connectivity index (χ0) is 13.3. The highest BCUT2D eigenvalue weighted by Gasteiger charge is 2.32. The Balaban J connectivity index is 2.33. The predicted molar refractivity (Wildman–Crippen MR) is 65.8 cm³/mol. The van der Waals surface area contributed by atoms with Crippen molar-refractivity contribution in [2.24, 2.45) is 5.73 Å². The maximum Gasteiger partial charge on any atom is 0.326 e. The molecule has 0 saturated carbocycles. The molecule has 1 atom stereocenters. The summed E-state index contributed by atoms with van der Waals surface area (Å²) in [6.45, 7) is 0.583. The van der Waals surface area contributed by atoms with Crippen LogP contribution in [0.15, 0.2) is 12.3 Å². The van der Waals surface area contributed by atoms with E-state index in [9.17, 15) is 9.59 Å². The second-order valence-electron chi connectivity index (χ2n) is 4.08. The van der Waals surface area contributed by atoms with Gasteiger partial charge in [0.25, 0.3) is 0 Å². The zero-order valence-corrected chi connectivity index (χ0v) is 10.2. The number of nitrogens with two attached hydrogens (primary N) is 1. The van der Waals surface area contributed by atoms with Gasteiger partial charge in [-0.25, -0.2) is 9.78 Å². The highest BCUT2D eigenvalue weighted by atomic mass is 35.5. The van der Waals surface area contributed by atoms with Crippen molar-refractivity contribution in [3.63, 3.8) is 0 Å². The number of primary amides is 1. The molecule has 1 amide bonds. The van der Waals surface area contributed by atoms with Gasteiger partial charge in [0.1, 0.15) is 11.9 Å². The van der Waals surface area contributed by atoms with Crippen molar-refractivity contribution in [3.8, 4) is 0 Å². The van der Waals surface area contributed by atoms with Crippen LogP contribution in [0.3, 0.4) is 0 Å². The van der Waals surface area contributed by atoms with Crippen molar-refractivity contribution in [1.29, 1.82) is 0 Å². The van der Waals surface area contributed by atoms with Gasteiger partial charge in [-0.1, -0.05) is 11.6 Å². The molecule has 6 nitrogen and oxygen atoms in total. The highest BCUT2D eigenvalue weighted by molar-refractivity contribution is 6.33. The zero-order valence-electron chi connectivity index (χ0n) is 9.47. The van der Waals surface area contributed by atoms with Gasteiger partial charge in [-0.15, -0.1) is 0 Å². The number of rotatable bonds is 3. The molecule has 1 aromatic rings. The lowest BCUT2D eigenvalue weighted by atomic mass is 10.2. The largest absolute Gasteiger partial charge is 0.480 e. The molecule has 0 unspecified atom stereocenters. The summed E-state index contributed by atoms with van der Waals surface area (Å²) in [5.74, 6) is -1.14. The fourth-order valence-corrected chi connectivity index (χ4v) is 2.33. The minimum atomic E-state index is -0.899. The lowest BCUT2D eigenvalue weighted by Gasteiger charge is -2.23. The van der Waals surface area contributed by atoms with Crippen LogP contribution in [0.2, 0.25) is 5.02 Å². The lowest BCUT2D eigenvalue weighted by molar-refractivity contribution is -0.138. The Labute approximate surface area is 108 Å². The molecular weight excluding hydrogens is 258 g/mol. The Morgan fingerprint density at radius 2 is 2.28 bits per heavy atom. The number of hydrogen-bond donors (Lipinski definition) is 2. The first-order chi connectivity index (χ1) is 8.50. The van der Waals surface area contributed by atoms with E-state index in [1.54, 1.807) is 4.90 Å². The van der Waals surface area contributed by atoms with E-state index in [0.29, 0.717) is 18.8 Å². The van der Waals surface area contributed by atoms with Crippen LogP contribution in [-0.4, -0.2) is 34.6 Å². The van der Waals surface area contributed by atoms with E-state index in [4.69, 9.17) is 22.4 Å². The number of amides is 1. The Hall–Kier alpha value is -1.82. The number of pyridine rings is 1. The average Bonchev–Trinajstić information content (AvgIpc) is 2.77. The molecule has 1 aliphatic heterocycles. The van der Waals surface area contributed by atoms with Crippen LogP contribution in [0.1, 0.15) is 23.2 Å². The van der Waals surface area contributed by atoms with Gasteiger partial charge in [-0.3, -0.25) is 4.79 Å². The predicted octanol–water partition coefficient (Wildman–Crippen LogP) is 0.887. The Morgan fingerprint density at radius 3 is 2.83 bits per heavy atom. The van der Waals surface area contributed by atoms with E-state index in [0.717, 1.165) is 6.42 Å². The Kier molecular flexibility index (Phi) is 3.38. The van der Waals surface area contributed by atoms with Gasteiger partial charge in [0.05, 0.1) is 10.6 Å². The van der Waals surface area contributed by atoms with Gasteiger partial charge in [0.2, 0.25) is 5.91 Å². The average molecular weight is 270 g/mol. The van der Waals surface area contributed by atoms with Crippen LogP contribution < -0.4 is 10.6 Å². The molecule has 2 heterocycles. The molecule has 0 spiro atoms. The summed E-state index contributed by atoms with van der Waals surface area (Å²) in [6.07, 6.45) is 2.64. The maximum absolute atomic E-state index is 11.1. The van der Waals surface area contributed by atoms with Crippen LogP contribution in [-0.2, 0) is 4.79 Å². The standard InChI is InChI=1S/C11H12ClN3O3/c12-7-4-6(9(13)16)5-14-10(7)15-3-1-2-8(15)11(17)18/h4-5,8H,1-3H2,(H2,13,16)(H,17,18)/t8-/m0/s1. The Bertz CT molecular complexity index is 506. The SMILES string of the molecule is NC(=O)c1cnc(N2CCC[C@H]2C(=O)O)c(Cl)c1. The molecule has 1 aromatic heterocycles. The summed E-state index contributed by atoms with van der Waals surface area (Å²) in [7, 11) is 0. The molecule has 1 aliphatic rings. The molecular formula is C11H12ClN3O3. The van der Waals surface area contributed by atoms with Crippen molar-refractivity contribution in [2.75, 3.05) is 11.4 Å². The monoisotopic (exact) mass is 269 g/mol. The van der Waals surface area contributed by atoms with E-state index >= 15 is 0 Å². The van der Waals surface area contributed by atoms with E-state index in [-0.39, 0.29) is 10.6 Å². The molecule has 7 heteroatoms. The van der Waals surface area contributed by atoms with Gasteiger partial charge in [0.15, 0.2) is 0 Å². The summed E-state index contributed by atoms with van der Waals surface area (Å²) >= 11 is 6.02. The number of nitrogens with zero attached hydrogens (tertiary/aromatic N) is 2. The maximum atomic E-state index is 11.1. The smallest absolute Gasteiger partial charge is 0.326 e. The molecule has 1 saturated heterocycles. The molecule has 0 radical (unpaired) electrons. The molecule has 1 fully saturated rings. The number of carbonyl (C=O) groups excluding carboxylic acids is 1. The second kappa shape index (κ2) is 4.81. The van der Waals surface area contributed by atoms with Crippen LogP contribution in [0, 0.1) is 0 Å². The van der Waals surface area contributed by atoms with Crippen molar-refractivity contribution in [1.82, 2.24) is 4.98 Å². The number of anilines is 1. The topological polar surface area (TPSA) is 96.5 Å². The summed E-state index contributed by atoms with van der Waals surface area (Å²) in [5.41, 5.74) is 5.32. The number of carboxylic acids is 1. The Morgan fingerprint density at radius 1 is 1.56 bits per heavy atom. The third-order valence-corrected chi connectivity index (χ3v) is 3.19. The molecule has 0 bridgehead atoms. The van der Waals surface area contributed by atoms with Gasteiger partial charge in [-0.2, -0.15) is 0 Å². The third-order valence-electron chi connectivity index (χ3n) is 2.92. The fraction of sp³-hybridized carbons (Fsp3) is 0.364. The summed E-state index contributed by atoms with van der Waals surface area (Å²) in [4.78, 5) is 27.7. The molecule has 18 heavy (non-hydrogen) atoms. The van der Waals surface area contributed by atoms with Gasteiger partial charge in [-0.05, 0) is 18.9 Å². The van der Waals surface area contributed by atoms with Crippen molar-refractivity contribution < 1.29 is 14.7 Å². The molecule has 96 valence electrons. The van der Waals surface area contributed by atoms with Crippen LogP contribution >= 0.6 is 11.6 Å². The normalized spacial score (nSPS) is 18.9. The number of carbonyl (C=O) groups is 2. The van der Waals surface area contributed by atoms with E-state index in [1.807, 2.05) is 0 Å². The molecule has 2 rings (SSSR count). The van der Waals surface area contributed by atoms with Crippen molar-refractivity contribution in [3.05, 3.63) is 22.8 Å². The van der Waals surface area contributed by atoms with Gasteiger partial charge in [0, 0.05) is 12.7 Å². The minimum absolute atomic E-state index is 0.204. The summed E-state index contributed by atoms with van der Waals surface area (Å²) in [5, 5.41) is 9.33. The quantitative estimate of drug-likeness (QED) is 0.849. The van der Waals surface area contributed by atoms with Crippen molar-refractivity contribution >= 4 is 29.3 Å². The number of carboxylic acid groups (broad SMARTS) is 1.